The van der Waals surface area contributed by atoms with E-state index in [0.717, 1.165) is 42.1 Å². The van der Waals surface area contributed by atoms with E-state index in [1.54, 1.807) is 0 Å². The molecule has 2 aliphatic rings. The number of benzene rings is 2. The molecule has 5 rings (SSSR count). The van der Waals surface area contributed by atoms with Gasteiger partial charge in [0.2, 0.25) is 0 Å². The molecule has 2 aromatic carbocycles. The van der Waals surface area contributed by atoms with E-state index in [1.165, 1.54) is 60.1 Å². The number of hydrogen-bond donors (Lipinski definition) is 0. The van der Waals surface area contributed by atoms with Crippen LogP contribution in [-0.2, 0) is 22.7 Å². The van der Waals surface area contributed by atoms with Gasteiger partial charge in [-0.2, -0.15) is 0 Å². The van der Waals surface area contributed by atoms with Gasteiger partial charge >= 0.3 is 0 Å². The molecule has 2 unspecified atom stereocenters. The highest BCUT2D eigenvalue weighted by molar-refractivity contribution is 7.10. The van der Waals surface area contributed by atoms with Crippen molar-refractivity contribution in [2.75, 3.05) is 13.2 Å². The van der Waals surface area contributed by atoms with Crippen LogP contribution in [0.1, 0.15) is 109 Å². The van der Waals surface area contributed by atoms with E-state index >= 15 is 0 Å². The zero-order valence-corrected chi connectivity index (χ0v) is 28.5. The molecular weight excluding hydrogens is 556 g/mol. The lowest BCUT2D eigenvalue weighted by Gasteiger charge is -2.28. The molecule has 228 valence electrons. The highest BCUT2D eigenvalue weighted by atomic mass is 35.5. The van der Waals surface area contributed by atoms with Crippen LogP contribution in [0.2, 0.25) is 5.02 Å². The van der Waals surface area contributed by atoms with Crippen LogP contribution < -0.4 is 9.47 Å². The summed E-state index contributed by atoms with van der Waals surface area (Å²) in [6.07, 6.45) is 8.58. The Morgan fingerprint density at radius 3 is 2.05 bits per heavy atom. The summed E-state index contributed by atoms with van der Waals surface area (Å²) in [6, 6.07) is 17.7. The fourth-order valence-electron chi connectivity index (χ4n) is 6.64. The maximum atomic E-state index is 6.60. The van der Waals surface area contributed by atoms with Gasteiger partial charge < -0.3 is 9.47 Å². The number of halogens is 1. The van der Waals surface area contributed by atoms with E-state index in [-0.39, 0.29) is 16.2 Å². The van der Waals surface area contributed by atoms with E-state index in [2.05, 4.69) is 96.3 Å². The predicted molar refractivity (Wildman–Crippen MR) is 180 cm³/mol. The number of hydrogen-bond acceptors (Lipinski definition) is 3. The Bertz CT molecular complexity index is 1330. The summed E-state index contributed by atoms with van der Waals surface area (Å²) in [6.45, 7) is 17.9. The summed E-state index contributed by atoms with van der Waals surface area (Å²) in [5, 5.41) is 2.95. The third kappa shape index (κ3) is 8.35. The fraction of sp³-hybridized carbons (Fsp3) is 0.579. The Labute approximate surface area is 264 Å². The fourth-order valence-corrected chi connectivity index (χ4v) is 7.73. The second-order valence-electron chi connectivity index (χ2n) is 15.5. The molecule has 0 saturated heterocycles. The van der Waals surface area contributed by atoms with Gasteiger partial charge in [-0.15, -0.1) is 11.3 Å². The molecule has 0 N–H and O–H groups in total. The molecule has 3 aromatic rings. The highest BCUT2D eigenvalue weighted by Crippen LogP contribution is 2.42. The summed E-state index contributed by atoms with van der Waals surface area (Å²) in [5.41, 5.74) is 4.04. The highest BCUT2D eigenvalue weighted by Gasteiger charge is 2.32. The van der Waals surface area contributed by atoms with Crippen molar-refractivity contribution in [1.82, 2.24) is 0 Å². The topological polar surface area (TPSA) is 18.5 Å². The molecule has 0 aliphatic heterocycles. The van der Waals surface area contributed by atoms with Gasteiger partial charge in [0.15, 0.2) is 0 Å². The summed E-state index contributed by atoms with van der Waals surface area (Å²) in [5.74, 6) is 4.03. The van der Waals surface area contributed by atoms with E-state index in [4.69, 9.17) is 21.1 Å². The first kappa shape index (κ1) is 31.5. The second kappa shape index (κ2) is 12.6. The average molecular weight is 607 g/mol. The van der Waals surface area contributed by atoms with Gasteiger partial charge in [-0.25, -0.2) is 0 Å². The molecule has 0 amide bonds. The molecule has 2 nitrogen and oxygen atoms in total. The molecule has 0 radical (unpaired) electrons. The van der Waals surface area contributed by atoms with E-state index < -0.39 is 0 Å². The van der Waals surface area contributed by atoms with Crippen molar-refractivity contribution in [3.63, 3.8) is 0 Å². The zero-order valence-electron chi connectivity index (χ0n) is 26.9. The van der Waals surface area contributed by atoms with Crippen LogP contribution in [0.3, 0.4) is 0 Å². The average Bonchev–Trinajstić information content (AvgIpc) is 3.35. The van der Waals surface area contributed by atoms with Crippen molar-refractivity contribution in [3.8, 4) is 11.5 Å². The Balaban J connectivity index is 1.25. The van der Waals surface area contributed by atoms with Crippen LogP contribution in [0.15, 0.2) is 53.9 Å². The minimum atomic E-state index is -0.107. The van der Waals surface area contributed by atoms with Gasteiger partial charge in [0, 0.05) is 9.90 Å². The molecule has 1 heterocycles. The monoisotopic (exact) mass is 606 g/mol. The van der Waals surface area contributed by atoms with Crippen molar-refractivity contribution < 1.29 is 9.47 Å². The molecule has 2 atom stereocenters. The number of rotatable bonds is 12. The van der Waals surface area contributed by atoms with E-state index in [1.807, 2.05) is 17.4 Å². The maximum Gasteiger partial charge on any atom is 0.121 e. The Hall–Kier alpha value is -1.97. The van der Waals surface area contributed by atoms with Crippen LogP contribution >= 0.6 is 22.9 Å². The molecule has 1 aromatic heterocycles. The third-order valence-electron chi connectivity index (χ3n) is 9.44. The summed E-state index contributed by atoms with van der Waals surface area (Å²) in [4.78, 5) is 1.51. The largest absolute Gasteiger partial charge is 0.493 e. The van der Waals surface area contributed by atoms with Crippen molar-refractivity contribution in [2.45, 2.75) is 110 Å². The van der Waals surface area contributed by atoms with Crippen LogP contribution in [0.25, 0.3) is 0 Å². The third-order valence-corrected chi connectivity index (χ3v) is 10.9. The SMILES string of the molecule is CC(C)(C)c1cc(CC(C)(C)c2cc(Cl)cc(OCC3CC3)c2)cc(OCC2CCC(CC(C)(C)c3cccs3)C2)c1. The minimum Gasteiger partial charge on any atom is -0.493 e. The first-order valence-corrected chi connectivity index (χ1v) is 17.3. The number of thiophene rings is 1. The summed E-state index contributed by atoms with van der Waals surface area (Å²) < 4.78 is 12.7. The van der Waals surface area contributed by atoms with Gasteiger partial charge in [-0.3, -0.25) is 0 Å². The first-order chi connectivity index (χ1) is 19.8. The van der Waals surface area contributed by atoms with Gasteiger partial charge in [-0.05, 0) is 131 Å². The molecule has 2 fully saturated rings. The zero-order chi connectivity index (χ0) is 30.1. The summed E-state index contributed by atoms with van der Waals surface area (Å²) in [7, 11) is 0. The lowest BCUT2D eigenvalue weighted by atomic mass is 9.77. The van der Waals surface area contributed by atoms with Gasteiger partial charge in [0.1, 0.15) is 11.5 Å². The van der Waals surface area contributed by atoms with Crippen LogP contribution in [0.5, 0.6) is 11.5 Å². The quantitative estimate of drug-likeness (QED) is 0.204. The molecule has 4 heteroatoms. The van der Waals surface area contributed by atoms with Gasteiger partial charge in [-0.1, -0.05) is 78.6 Å². The molecular formula is C38H51ClO2S. The van der Waals surface area contributed by atoms with Crippen LogP contribution in [-0.4, -0.2) is 13.2 Å². The first-order valence-electron chi connectivity index (χ1n) is 16.0. The van der Waals surface area contributed by atoms with Crippen molar-refractivity contribution in [3.05, 3.63) is 80.5 Å². The van der Waals surface area contributed by atoms with E-state index in [9.17, 15) is 0 Å². The lowest BCUT2D eigenvalue weighted by Crippen LogP contribution is -2.22. The smallest absolute Gasteiger partial charge is 0.121 e. The van der Waals surface area contributed by atoms with Crippen molar-refractivity contribution in [1.29, 1.82) is 0 Å². The Morgan fingerprint density at radius 1 is 0.738 bits per heavy atom. The Kier molecular flexibility index (Phi) is 9.41. The molecule has 42 heavy (non-hydrogen) atoms. The van der Waals surface area contributed by atoms with Crippen LogP contribution in [0, 0.1) is 17.8 Å². The van der Waals surface area contributed by atoms with Gasteiger partial charge in [0.25, 0.3) is 0 Å². The molecule has 0 spiro atoms. The standard InChI is InChI=1S/C38H51ClO2S/c1-36(2,3)30-16-29(23-37(4,5)31-18-32(39)21-34(20-31)40-24-26-10-11-26)17-33(19-30)41-25-28-13-12-27(15-28)22-38(6,7)35-9-8-14-42-35/h8-9,14,16-21,26-28H,10-13,15,22-25H2,1-7H3. The second-order valence-corrected chi connectivity index (χ2v) is 16.9. The maximum absolute atomic E-state index is 6.60. The van der Waals surface area contributed by atoms with E-state index in [0.29, 0.717) is 11.8 Å². The molecule has 0 bridgehead atoms. The Morgan fingerprint density at radius 2 is 1.38 bits per heavy atom. The normalized spacial score (nSPS) is 19.7. The predicted octanol–water partition coefficient (Wildman–Crippen LogP) is 11.2. The summed E-state index contributed by atoms with van der Waals surface area (Å²) >= 11 is 8.47. The van der Waals surface area contributed by atoms with Crippen molar-refractivity contribution >= 4 is 22.9 Å². The van der Waals surface area contributed by atoms with Gasteiger partial charge in [0.05, 0.1) is 13.2 Å². The molecule has 2 aliphatic carbocycles. The minimum absolute atomic E-state index is 0.0456. The van der Waals surface area contributed by atoms with Crippen molar-refractivity contribution in [2.24, 2.45) is 17.8 Å². The lowest BCUT2D eigenvalue weighted by molar-refractivity contribution is 0.243. The van der Waals surface area contributed by atoms with Crippen LogP contribution in [0.4, 0.5) is 0 Å². The molecule has 2 saturated carbocycles. The number of ether oxygens (including phenoxy) is 2.